The first-order valence-electron chi connectivity index (χ1n) is 9.03. The second kappa shape index (κ2) is 9.06. The molecule has 2 N–H and O–H groups in total. The zero-order chi connectivity index (χ0) is 17.3. The van der Waals surface area contributed by atoms with Crippen LogP contribution in [0.1, 0.15) is 30.4 Å². The van der Waals surface area contributed by atoms with E-state index in [1.165, 1.54) is 30.4 Å². The molecule has 0 spiro atoms. The number of guanidine groups is 1. The second-order valence-corrected chi connectivity index (χ2v) is 6.33. The topological polar surface area (TPSA) is 52.6 Å². The lowest BCUT2D eigenvalue weighted by molar-refractivity contribution is 0.573. The van der Waals surface area contributed by atoms with Crippen molar-refractivity contribution in [2.45, 2.75) is 32.4 Å². The first kappa shape index (κ1) is 17.3. The summed E-state index contributed by atoms with van der Waals surface area (Å²) >= 11 is 0. The Morgan fingerprint density at radius 3 is 2.44 bits per heavy atom. The highest BCUT2D eigenvalue weighted by molar-refractivity contribution is 5.79. The Morgan fingerprint density at radius 1 is 1.00 bits per heavy atom. The summed E-state index contributed by atoms with van der Waals surface area (Å²) in [5.74, 6) is 1.89. The molecule has 0 amide bonds. The predicted octanol–water partition coefficient (Wildman–Crippen LogP) is 2.94. The third-order valence-electron chi connectivity index (χ3n) is 4.48. The summed E-state index contributed by atoms with van der Waals surface area (Å²) in [4.78, 5) is 11.2. The minimum absolute atomic E-state index is 0.734. The molecule has 1 aliphatic rings. The maximum atomic E-state index is 4.54. The van der Waals surface area contributed by atoms with Gasteiger partial charge >= 0.3 is 0 Å². The highest BCUT2D eigenvalue weighted by Gasteiger charge is 2.12. The molecule has 1 aromatic heterocycles. The number of aromatic nitrogens is 1. The van der Waals surface area contributed by atoms with Crippen LogP contribution >= 0.6 is 0 Å². The molecule has 5 nitrogen and oxygen atoms in total. The van der Waals surface area contributed by atoms with Crippen LogP contribution in [0.5, 0.6) is 0 Å². The molecule has 2 aromatic rings. The highest BCUT2D eigenvalue weighted by Crippen LogP contribution is 2.18. The van der Waals surface area contributed by atoms with Crippen LogP contribution in [0.2, 0.25) is 0 Å². The smallest absolute Gasteiger partial charge is 0.191 e. The number of hydrogen-bond acceptors (Lipinski definition) is 3. The Hall–Kier alpha value is -2.56. The maximum Gasteiger partial charge on any atom is 0.191 e. The number of piperidine rings is 1. The van der Waals surface area contributed by atoms with Crippen molar-refractivity contribution in [3.8, 4) is 0 Å². The number of rotatable bonds is 5. The van der Waals surface area contributed by atoms with Crippen molar-refractivity contribution in [1.82, 2.24) is 15.6 Å². The van der Waals surface area contributed by atoms with E-state index in [1.54, 1.807) is 7.05 Å². The second-order valence-electron chi connectivity index (χ2n) is 6.33. The minimum atomic E-state index is 0.734. The Balaban J connectivity index is 1.53. The summed E-state index contributed by atoms with van der Waals surface area (Å²) in [6, 6.07) is 14.6. The molecule has 25 heavy (non-hydrogen) atoms. The lowest BCUT2D eigenvalue weighted by Gasteiger charge is -2.28. The molecule has 2 heterocycles. The molecule has 0 bridgehead atoms. The fourth-order valence-corrected chi connectivity index (χ4v) is 3.05. The number of benzene rings is 1. The Kier molecular flexibility index (Phi) is 6.26. The van der Waals surface area contributed by atoms with Gasteiger partial charge in [0.25, 0.3) is 0 Å². The molecule has 3 rings (SSSR count). The van der Waals surface area contributed by atoms with E-state index in [-0.39, 0.29) is 0 Å². The van der Waals surface area contributed by atoms with Gasteiger partial charge in [-0.1, -0.05) is 30.3 Å². The van der Waals surface area contributed by atoms with Gasteiger partial charge in [-0.05, 0) is 42.5 Å². The Labute approximate surface area is 150 Å². The highest BCUT2D eigenvalue weighted by atomic mass is 15.2. The van der Waals surface area contributed by atoms with Crippen molar-refractivity contribution in [3.05, 3.63) is 59.8 Å². The van der Waals surface area contributed by atoms with Crippen molar-refractivity contribution in [3.63, 3.8) is 0 Å². The number of anilines is 1. The van der Waals surface area contributed by atoms with Gasteiger partial charge < -0.3 is 15.5 Å². The summed E-state index contributed by atoms with van der Waals surface area (Å²) < 4.78 is 0. The van der Waals surface area contributed by atoms with Crippen molar-refractivity contribution >= 4 is 11.8 Å². The van der Waals surface area contributed by atoms with Crippen LogP contribution in [-0.4, -0.2) is 31.1 Å². The number of aliphatic imine (C=N–C) groups is 1. The first-order chi connectivity index (χ1) is 12.3. The third-order valence-corrected chi connectivity index (χ3v) is 4.48. The lowest BCUT2D eigenvalue weighted by atomic mass is 10.1. The van der Waals surface area contributed by atoms with Gasteiger partial charge in [0.15, 0.2) is 5.96 Å². The normalized spacial score (nSPS) is 15.1. The monoisotopic (exact) mass is 337 g/mol. The van der Waals surface area contributed by atoms with E-state index in [0.717, 1.165) is 38.0 Å². The van der Waals surface area contributed by atoms with Crippen molar-refractivity contribution in [2.24, 2.45) is 4.99 Å². The van der Waals surface area contributed by atoms with Crippen molar-refractivity contribution in [1.29, 1.82) is 0 Å². The van der Waals surface area contributed by atoms with Gasteiger partial charge in [0.05, 0.1) is 0 Å². The average molecular weight is 337 g/mol. The van der Waals surface area contributed by atoms with Gasteiger partial charge in [-0.3, -0.25) is 4.99 Å². The van der Waals surface area contributed by atoms with Crippen LogP contribution in [-0.2, 0) is 13.1 Å². The van der Waals surface area contributed by atoms with Crippen molar-refractivity contribution in [2.75, 3.05) is 25.0 Å². The number of nitrogens with one attached hydrogen (secondary N) is 2. The fourth-order valence-electron chi connectivity index (χ4n) is 3.05. The summed E-state index contributed by atoms with van der Waals surface area (Å²) in [6.45, 7) is 3.72. The molecular formula is C20H27N5. The molecule has 0 saturated carbocycles. The van der Waals surface area contributed by atoms with E-state index in [0.29, 0.717) is 0 Å². The van der Waals surface area contributed by atoms with E-state index in [9.17, 15) is 0 Å². The minimum Gasteiger partial charge on any atom is -0.357 e. The standard InChI is InChI=1S/C20H27N5/c1-21-20(23-15-17-8-4-2-5-9-17)24-16-18-10-11-22-19(14-18)25-12-6-3-7-13-25/h2,4-5,8-11,14H,3,6-7,12-13,15-16H2,1H3,(H2,21,23,24). The number of nitrogens with zero attached hydrogens (tertiary/aromatic N) is 3. The van der Waals surface area contributed by atoms with E-state index in [2.05, 4.69) is 49.8 Å². The van der Waals surface area contributed by atoms with Crippen LogP contribution in [0.3, 0.4) is 0 Å². The SMILES string of the molecule is CN=C(NCc1ccccc1)NCc1ccnc(N2CCCCC2)c1. The molecule has 5 heteroatoms. The van der Waals surface area contributed by atoms with Crippen LogP contribution in [0, 0.1) is 0 Å². The van der Waals surface area contributed by atoms with Gasteiger partial charge in [0, 0.05) is 39.4 Å². The first-order valence-corrected chi connectivity index (χ1v) is 9.03. The molecule has 1 saturated heterocycles. The van der Waals surface area contributed by atoms with Crippen molar-refractivity contribution < 1.29 is 0 Å². The third kappa shape index (κ3) is 5.21. The van der Waals surface area contributed by atoms with Gasteiger partial charge in [0.2, 0.25) is 0 Å². The molecule has 0 radical (unpaired) electrons. The quantitative estimate of drug-likeness (QED) is 0.651. The summed E-state index contributed by atoms with van der Waals surface area (Å²) in [6.07, 6.45) is 5.77. The van der Waals surface area contributed by atoms with E-state index in [1.807, 2.05) is 24.4 Å². The summed E-state index contributed by atoms with van der Waals surface area (Å²) in [7, 11) is 1.80. The Bertz CT molecular complexity index is 677. The van der Waals surface area contributed by atoms with Gasteiger partial charge in [0.1, 0.15) is 5.82 Å². The van der Waals surface area contributed by atoms with E-state index < -0.39 is 0 Å². The van der Waals surface area contributed by atoms with Crippen LogP contribution in [0.25, 0.3) is 0 Å². The zero-order valence-corrected chi connectivity index (χ0v) is 14.9. The van der Waals surface area contributed by atoms with Crippen LogP contribution < -0.4 is 15.5 Å². The van der Waals surface area contributed by atoms with Gasteiger partial charge in [-0.15, -0.1) is 0 Å². The lowest BCUT2D eigenvalue weighted by Crippen LogP contribution is -2.36. The largest absolute Gasteiger partial charge is 0.357 e. The molecule has 1 aliphatic heterocycles. The average Bonchev–Trinajstić information content (AvgIpc) is 2.70. The van der Waals surface area contributed by atoms with E-state index >= 15 is 0 Å². The summed E-state index contributed by atoms with van der Waals surface area (Å²) in [5, 5.41) is 6.73. The molecular weight excluding hydrogens is 310 g/mol. The predicted molar refractivity (Wildman–Crippen MR) is 104 cm³/mol. The molecule has 0 aliphatic carbocycles. The maximum absolute atomic E-state index is 4.54. The van der Waals surface area contributed by atoms with Crippen LogP contribution in [0.15, 0.2) is 53.7 Å². The van der Waals surface area contributed by atoms with E-state index in [4.69, 9.17) is 0 Å². The molecule has 1 aromatic carbocycles. The zero-order valence-electron chi connectivity index (χ0n) is 14.9. The van der Waals surface area contributed by atoms with Crippen LogP contribution in [0.4, 0.5) is 5.82 Å². The molecule has 0 unspecified atom stereocenters. The number of hydrogen-bond donors (Lipinski definition) is 2. The molecule has 0 atom stereocenters. The fraction of sp³-hybridized carbons (Fsp3) is 0.400. The summed E-state index contributed by atoms with van der Waals surface area (Å²) in [5.41, 5.74) is 2.46. The van der Waals surface area contributed by atoms with Gasteiger partial charge in [-0.2, -0.15) is 0 Å². The number of pyridine rings is 1. The van der Waals surface area contributed by atoms with Gasteiger partial charge in [-0.25, -0.2) is 4.98 Å². The Morgan fingerprint density at radius 2 is 1.72 bits per heavy atom. The molecule has 1 fully saturated rings. The molecule has 132 valence electrons.